The molecule has 152 valence electrons. The number of aromatic nitrogens is 2. The summed E-state index contributed by atoms with van der Waals surface area (Å²) in [6.45, 7) is 0. The minimum absolute atomic E-state index is 0.111. The van der Waals surface area contributed by atoms with E-state index in [1.54, 1.807) is 11.3 Å². The molecule has 3 heterocycles. The highest BCUT2D eigenvalue weighted by molar-refractivity contribution is 7.19. The molecule has 0 saturated heterocycles. The van der Waals surface area contributed by atoms with Gasteiger partial charge in [0.1, 0.15) is 0 Å². The SMILES string of the molecule is COC(=O)c1nc(NC(=O)C[C@@H](c2ccsc2)n2cccc2)sc1-c1ccccc1. The molecule has 4 aromatic rings. The molecule has 3 aromatic heterocycles. The molecule has 0 aliphatic heterocycles. The Hall–Kier alpha value is -3.23. The first-order valence-corrected chi connectivity index (χ1v) is 11.0. The van der Waals surface area contributed by atoms with Crippen molar-refractivity contribution in [3.05, 3.63) is 82.9 Å². The van der Waals surface area contributed by atoms with Crippen LogP contribution in [0.1, 0.15) is 28.5 Å². The number of nitrogens with zero attached hydrogens (tertiary/aromatic N) is 2. The molecule has 30 heavy (non-hydrogen) atoms. The Morgan fingerprint density at radius 2 is 1.90 bits per heavy atom. The molecule has 1 atom stereocenters. The molecule has 6 nitrogen and oxygen atoms in total. The molecule has 4 rings (SSSR count). The van der Waals surface area contributed by atoms with Crippen molar-refractivity contribution in [2.75, 3.05) is 12.4 Å². The largest absolute Gasteiger partial charge is 0.464 e. The zero-order valence-electron chi connectivity index (χ0n) is 16.1. The first-order chi connectivity index (χ1) is 14.7. The number of methoxy groups -OCH3 is 1. The second-order valence-electron chi connectivity index (χ2n) is 6.51. The first kappa shape index (κ1) is 20.1. The van der Waals surface area contributed by atoms with E-state index in [2.05, 4.69) is 10.3 Å². The van der Waals surface area contributed by atoms with Crippen molar-refractivity contribution in [1.82, 2.24) is 9.55 Å². The number of rotatable bonds is 7. The zero-order valence-corrected chi connectivity index (χ0v) is 17.8. The molecule has 1 amide bonds. The van der Waals surface area contributed by atoms with Crippen molar-refractivity contribution in [3.8, 4) is 10.4 Å². The molecule has 0 spiro atoms. The fourth-order valence-corrected chi connectivity index (χ4v) is 4.84. The number of ether oxygens (including phenoxy) is 1. The van der Waals surface area contributed by atoms with Gasteiger partial charge in [0.05, 0.1) is 24.4 Å². The fourth-order valence-electron chi connectivity index (χ4n) is 3.16. The maximum Gasteiger partial charge on any atom is 0.358 e. The van der Waals surface area contributed by atoms with Crippen molar-refractivity contribution < 1.29 is 14.3 Å². The van der Waals surface area contributed by atoms with Crippen LogP contribution in [0.25, 0.3) is 10.4 Å². The number of hydrogen-bond acceptors (Lipinski definition) is 6. The Morgan fingerprint density at radius 3 is 2.57 bits per heavy atom. The van der Waals surface area contributed by atoms with Crippen LogP contribution in [0.2, 0.25) is 0 Å². The maximum absolute atomic E-state index is 12.8. The Morgan fingerprint density at radius 1 is 1.13 bits per heavy atom. The van der Waals surface area contributed by atoms with Crippen molar-refractivity contribution in [2.45, 2.75) is 12.5 Å². The number of amides is 1. The molecule has 0 saturated carbocycles. The van der Waals surface area contributed by atoms with E-state index in [1.807, 2.05) is 76.3 Å². The minimum Gasteiger partial charge on any atom is -0.464 e. The van der Waals surface area contributed by atoms with Gasteiger partial charge in [0.15, 0.2) is 10.8 Å². The minimum atomic E-state index is -0.533. The lowest BCUT2D eigenvalue weighted by Crippen LogP contribution is -2.19. The van der Waals surface area contributed by atoms with Crippen LogP contribution in [-0.4, -0.2) is 28.5 Å². The lowest BCUT2D eigenvalue weighted by molar-refractivity contribution is -0.116. The van der Waals surface area contributed by atoms with Crippen molar-refractivity contribution in [3.63, 3.8) is 0 Å². The summed E-state index contributed by atoms with van der Waals surface area (Å²) in [6.07, 6.45) is 4.14. The van der Waals surface area contributed by atoms with E-state index in [-0.39, 0.29) is 24.1 Å². The summed E-state index contributed by atoms with van der Waals surface area (Å²) in [5.41, 5.74) is 2.12. The van der Waals surface area contributed by atoms with E-state index in [9.17, 15) is 9.59 Å². The lowest BCUT2D eigenvalue weighted by atomic mass is 10.1. The molecule has 1 aromatic carbocycles. The number of thiophene rings is 1. The molecule has 0 unspecified atom stereocenters. The number of carbonyl (C=O) groups is 2. The van der Waals surface area contributed by atoms with Gasteiger partial charge in [-0.05, 0) is 40.1 Å². The van der Waals surface area contributed by atoms with E-state index in [0.717, 1.165) is 11.1 Å². The molecule has 0 fully saturated rings. The monoisotopic (exact) mass is 437 g/mol. The summed E-state index contributed by atoms with van der Waals surface area (Å²) in [6, 6.07) is 15.2. The number of carbonyl (C=O) groups excluding carboxylic acids is 2. The van der Waals surface area contributed by atoms with Crippen LogP contribution in [0.3, 0.4) is 0 Å². The molecule has 0 radical (unpaired) electrons. The van der Waals surface area contributed by atoms with Crippen LogP contribution in [0, 0.1) is 0 Å². The molecule has 8 heteroatoms. The van der Waals surface area contributed by atoms with Crippen LogP contribution in [-0.2, 0) is 9.53 Å². The summed E-state index contributed by atoms with van der Waals surface area (Å²) in [5, 5.41) is 7.27. The standard InChI is InChI=1S/C22H19N3O3S2/c1-28-21(27)19-20(15-7-3-2-4-8-15)30-22(24-19)23-18(26)13-17(16-9-12-29-14-16)25-10-5-6-11-25/h2-12,14,17H,13H2,1H3,(H,23,24,26)/t17-/m0/s1. The van der Waals surface area contributed by atoms with Gasteiger partial charge in [-0.1, -0.05) is 41.7 Å². The fraction of sp³-hybridized carbons (Fsp3) is 0.136. The van der Waals surface area contributed by atoms with Gasteiger partial charge in [-0.25, -0.2) is 9.78 Å². The van der Waals surface area contributed by atoms with E-state index in [4.69, 9.17) is 4.74 Å². The van der Waals surface area contributed by atoms with Crippen LogP contribution in [0.5, 0.6) is 0 Å². The van der Waals surface area contributed by atoms with E-state index in [1.165, 1.54) is 18.4 Å². The summed E-state index contributed by atoms with van der Waals surface area (Å²) in [4.78, 5) is 30.0. The van der Waals surface area contributed by atoms with Crippen molar-refractivity contribution in [2.24, 2.45) is 0 Å². The van der Waals surface area contributed by atoms with E-state index < -0.39 is 5.97 Å². The number of anilines is 1. The Labute approximate surface area is 181 Å². The van der Waals surface area contributed by atoms with Crippen LogP contribution >= 0.6 is 22.7 Å². The van der Waals surface area contributed by atoms with Gasteiger partial charge < -0.3 is 14.6 Å². The summed E-state index contributed by atoms with van der Waals surface area (Å²) < 4.78 is 6.88. The van der Waals surface area contributed by atoms with Crippen LogP contribution < -0.4 is 5.32 Å². The van der Waals surface area contributed by atoms with Crippen molar-refractivity contribution in [1.29, 1.82) is 0 Å². The Bertz CT molecular complexity index is 1090. The number of hydrogen-bond donors (Lipinski definition) is 1. The predicted octanol–water partition coefficient (Wildman–Crippen LogP) is 5.08. The lowest BCUT2D eigenvalue weighted by Gasteiger charge is -2.17. The smallest absolute Gasteiger partial charge is 0.358 e. The second-order valence-corrected chi connectivity index (χ2v) is 8.29. The number of esters is 1. The normalized spacial score (nSPS) is 11.8. The number of nitrogens with one attached hydrogen (secondary N) is 1. The third-order valence-electron chi connectivity index (χ3n) is 4.58. The van der Waals surface area contributed by atoms with Crippen LogP contribution in [0.4, 0.5) is 5.13 Å². The summed E-state index contributed by atoms with van der Waals surface area (Å²) in [7, 11) is 1.32. The van der Waals surface area contributed by atoms with Crippen molar-refractivity contribution >= 4 is 39.7 Å². The highest BCUT2D eigenvalue weighted by Gasteiger charge is 2.23. The highest BCUT2D eigenvalue weighted by Crippen LogP contribution is 2.34. The molecule has 0 aliphatic rings. The quantitative estimate of drug-likeness (QED) is 0.409. The Balaban J connectivity index is 1.57. The first-order valence-electron chi connectivity index (χ1n) is 9.24. The average molecular weight is 438 g/mol. The molecule has 0 aliphatic carbocycles. The van der Waals surface area contributed by atoms with Gasteiger partial charge in [0.25, 0.3) is 0 Å². The predicted molar refractivity (Wildman–Crippen MR) is 119 cm³/mol. The second kappa shape index (κ2) is 9.06. The summed E-state index contributed by atoms with van der Waals surface area (Å²) >= 11 is 2.86. The third-order valence-corrected chi connectivity index (χ3v) is 6.30. The Kier molecular flexibility index (Phi) is 6.06. The number of thiazole rings is 1. The highest BCUT2D eigenvalue weighted by atomic mass is 32.1. The number of benzene rings is 1. The molecule has 1 N–H and O–H groups in total. The molecular formula is C22H19N3O3S2. The van der Waals surface area contributed by atoms with E-state index in [0.29, 0.717) is 10.0 Å². The maximum atomic E-state index is 12.8. The van der Waals surface area contributed by atoms with Gasteiger partial charge in [-0.2, -0.15) is 11.3 Å². The van der Waals surface area contributed by atoms with Gasteiger partial charge >= 0.3 is 5.97 Å². The average Bonchev–Trinajstić information content (AvgIpc) is 3.54. The van der Waals surface area contributed by atoms with Gasteiger partial charge in [-0.15, -0.1) is 0 Å². The summed E-state index contributed by atoms with van der Waals surface area (Å²) in [5.74, 6) is -0.709. The topological polar surface area (TPSA) is 73.2 Å². The zero-order chi connectivity index (χ0) is 20.9. The van der Waals surface area contributed by atoms with Gasteiger partial charge in [-0.3, -0.25) is 4.79 Å². The van der Waals surface area contributed by atoms with Crippen LogP contribution in [0.15, 0.2) is 71.7 Å². The van der Waals surface area contributed by atoms with Gasteiger partial charge in [0, 0.05) is 12.4 Å². The molecular weight excluding hydrogens is 418 g/mol. The molecule has 0 bridgehead atoms. The van der Waals surface area contributed by atoms with Gasteiger partial charge in [0.2, 0.25) is 5.91 Å². The third kappa shape index (κ3) is 4.34. The van der Waals surface area contributed by atoms with E-state index >= 15 is 0 Å².